The third-order valence-electron chi connectivity index (χ3n) is 3.73. The Morgan fingerprint density at radius 1 is 1.22 bits per heavy atom. The summed E-state index contributed by atoms with van der Waals surface area (Å²) < 4.78 is 32.3. The molecule has 0 fully saturated rings. The molecule has 1 aromatic heterocycles. The topological polar surface area (TPSA) is 128 Å². The number of aromatic nitrogens is 2. The molecule has 11 heteroatoms. The number of nitro benzene ring substituents is 1. The first-order valence-corrected chi connectivity index (χ1v) is 9.46. The van der Waals surface area contributed by atoms with E-state index in [-0.39, 0.29) is 34.4 Å². The third-order valence-corrected chi connectivity index (χ3v) is 5.52. The predicted molar refractivity (Wildman–Crippen MR) is 96.6 cm³/mol. The Bertz CT molecular complexity index is 1100. The maximum absolute atomic E-state index is 12.5. The molecule has 3 aromatic rings. The number of rotatable bonds is 6. The van der Waals surface area contributed by atoms with Crippen LogP contribution in [0.4, 0.5) is 5.69 Å². The summed E-state index contributed by atoms with van der Waals surface area (Å²) in [5.41, 5.74) is 0.426. The quantitative estimate of drug-likeness (QED) is 0.490. The van der Waals surface area contributed by atoms with Crippen LogP contribution in [0.15, 0.2) is 51.9 Å². The molecule has 9 nitrogen and oxygen atoms in total. The fourth-order valence-corrected chi connectivity index (χ4v) is 3.73. The molecule has 0 aliphatic heterocycles. The number of benzene rings is 2. The zero-order chi connectivity index (χ0) is 19.6. The van der Waals surface area contributed by atoms with Gasteiger partial charge in [-0.15, -0.1) is 0 Å². The minimum Gasteiger partial charge on any atom is -0.338 e. The van der Waals surface area contributed by atoms with Crippen LogP contribution in [-0.2, 0) is 16.6 Å². The van der Waals surface area contributed by atoms with Gasteiger partial charge in [-0.05, 0) is 37.3 Å². The van der Waals surface area contributed by atoms with E-state index in [0.717, 1.165) is 0 Å². The summed E-state index contributed by atoms with van der Waals surface area (Å²) >= 11 is 5.82. The average Bonchev–Trinajstić information content (AvgIpc) is 3.09. The number of hydrogen-bond donors (Lipinski definition) is 1. The maximum Gasteiger partial charge on any atom is 0.273 e. The molecule has 2 aromatic carbocycles. The second kappa shape index (κ2) is 7.43. The molecule has 0 spiro atoms. The molecule has 0 radical (unpaired) electrons. The molecule has 0 aliphatic carbocycles. The molecule has 0 atom stereocenters. The molecule has 140 valence electrons. The lowest BCUT2D eigenvalue weighted by molar-refractivity contribution is -0.385. The molecule has 3 rings (SSSR count). The van der Waals surface area contributed by atoms with Crippen LogP contribution in [0.3, 0.4) is 0 Å². The fraction of sp³-hybridized carbons (Fsp3) is 0.125. The number of hydrogen-bond acceptors (Lipinski definition) is 7. The molecule has 1 N–H and O–H groups in total. The lowest BCUT2D eigenvalue weighted by Crippen LogP contribution is -2.24. The van der Waals surface area contributed by atoms with Crippen LogP contribution in [0, 0.1) is 17.0 Å². The Labute approximate surface area is 159 Å². The Morgan fingerprint density at radius 2 is 1.93 bits per heavy atom. The molecule has 0 saturated carbocycles. The van der Waals surface area contributed by atoms with Gasteiger partial charge in [0.2, 0.25) is 21.7 Å². The first-order chi connectivity index (χ1) is 12.8. The van der Waals surface area contributed by atoms with Crippen molar-refractivity contribution in [1.29, 1.82) is 0 Å². The zero-order valence-electron chi connectivity index (χ0n) is 13.9. The van der Waals surface area contributed by atoms with Crippen molar-refractivity contribution >= 4 is 27.3 Å². The molecule has 27 heavy (non-hydrogen) atoms. The smallest absolute Gasteiger partial charge is 0.273 e. The fourth-order valence-electron chi connectivity index (χ4n) is 2.37. The summed E-state index contributed by atoms with van der Waals surface area (Å²) in [5.74, 6) is 0.332. The first kappa shape index (κ1) is 19.0. The Kier molecular flexibility index (Phi) is 5.22. The van der Waals surface area contributed by atoms with Gasteiger partial charge in [0.25, 0.3) is 5.69 Å². The highest BCUT2D eigenvalue weighted by molar-refractivity contribution is 7.89. The highest BCUT2D eigenvalue weighted by Gasteiger charge is 2.23. The van der Waals surface area contributed by atoms with Crippen LogP contribution in [0.25, 0.3) is 11.4 Å². The number of nitrogens with one attached hydrogen (secondary N) is 1. The van der Waals surface area contributed by atoms with E-state index < -0.39 is 14.9 Å². The second-order valence-electron chi connectivity index (χ2n) is 5.50. The van der Waals surface area contributed by atoms with E-state index in [1.165, 1.54) is 25.1 Å². The van der Waals surface area contributed by atoms with Crippen LogP contribution >= 0.6 is 11.6 Å². The standard InChI is InChI=1S/C16H13ClN4O5S/c1-10-13(21(22)23)3-2-4-14(10)27(24,25)18-9-15-19-16(20-26-15)11-5-7-12(17)8-6-11/h2-8,18H,9H2,1H3. The number of nitro groups is 1. The van der Waals surface area contributed by atoms with Gasteiger partial charge in [-0.2, -0.15) is 4.98 Å². The summed E-state index contributed by atoms with van der Waals surface area (Å²) in [7, 11) is -4.01. The molecule has 0 unspecified atom stereocenters. The van der Waals surface area contributed by atoms with E-state index in [1.807, 2.05) is 0 Å². The lowest BCUT2D eigenvalue weighted by Gasteiger charge is -2.07. The molecule has 0 saturated heterocycles. The summed E-state index contributed by atoms with van der Waals surface area (Å²) in [6.07, 6.45) is 0. The Hall–Kier alpha value is -2.82. The van der Waals surface area contributed by atoms with Gasteiger partial charge in [0.1, 0.15) is 0 Å². The van der Waals surface area contributed by atoms with Gasteiger partial charge in [-0.1, -0.05) is 22.8 Å². The van der Waals surface area contributed by atoms with Crippen molar-refractivity contribution in [2.75, 3.05) is 0 Å². The molecule has 1 heterocycles. The number of halogens is 1. The van der Waals surface area contributed by atoms with E-state index >= 15 is 0 Å². The summed E-state index contributed by atoms with van der Waals surface area (Å²) in [6, 6.07) is 10.6. The third kappa shape index (κ3) is 4.13. The van der Waals surface area contributed by atoms with Crippen LogP contribution in [0.1, 0.15) is 11.5 Å². The summed E-state index contributed by atoms with van der Waals surface area (Å²) in [5, 5.41) is 15.3. The van der Waals surface area contributed by atoms with Gasteiger partial charge in [-0.25, -0.2) is 13.1 Å². The molecular weight excluding hydrogens is 396 g/mol. The molecule has 0 aliphatic rings. The monoisotopic (exact) mass is 408 g/mol. The molecular formula is C16H13ClN4O5S. The Balaban J connectivity index is 1.78. The van der Waals surface area contributed by atoms with Crippen molar-refractivity contribution in [3.8, 4) is 11.4 Å². The number of nitrogens with zero attached hydrogens (tertiary/aromatic N) is 3. The van der Waals surface area contributed by atoms with Crippen molar-refractivity contribution in [2.24, 2.45) is 0 Å². The highest BCUT2D eigenvalue weighted by Crippen LogP contribution is 2.25. The highest BCUT2D eigenvalue weighted by atomic mass is 35.5. The molecule has 0 amide bonds. The second-order valence-corrected chi connectivity index (χ2v) is 7.67. The van der Waals surface area contributed by atoms with E-state index in [0.29, 0.717) is 10.6 Å². The van der Waals surface area contributed by atoms with Crippen LogP contribution in [-0.4, -0.2) is 23.5 Å². The van der Waals surface area contributed by atoms with E-state index in [1.54, 1.807) is 24.3 Å². The normalized spacial score (nSPS) is 11.5. The van der Waals surface area contributed by atoms with Crippen LogP contribution in [0.2, 0.25) is 5.02 Å². The minimum atomic E-state index is -4.01. The lowest BCUT2D eigenvalue weighted by atomic mass is 10.2. The van der Waals surface area contributed by atoms with Crippen molar-refractivity contribution in [3.63, 3.8) is 0 Å². The van der Waals surface area contributed by atoms with Gasteiger partial charge in [0.15, 0.2) is 0 Å². The largest absolute Gasteiger partial charge is 0.338 e. The van der Waals surface area contributed by atoms with E-state index in [4.69, 9.17) is 16.1 Å². The summed E-state index contributed by atoms with van der Waals surface area (Å²) in [4.78, 5) is 14.3. The summed E-state index contributed by atoms with van der Waals surface area (Å²) in [6.45, 7) is 1.11. The van der Waals surface area contributed by atoms with Crippen molar-refractivity contribution in [2.45, 2.75) is 18.4 Å². The molecule has 0 bridgehead atoms. The van der Waals surface area contributed by atoms with Crippen molar-refractivity contribution < 1.29 is 17.9 Å². The average molecular weight is 409 g/mol. The van der Waals surface area contributed by atoms with Crippen LogP contribution < -0.4 is 4.72 Å². The van der Waals surface area contributed by atoms with Crippen molar-refractivity contribution in [1.82, 2.24) is 14.9 Å². The van der Waals surface area contributed by atoms with Gasteiger partial charge in [0, 0.05) is 22.2 Å². The van der Waals surface area contributed by atoms with Gasteiger partial charge >= 0.3 is 0 Å². The Morgan fingerprint density at radius 3 is 2.59 bits per heavy atom. The predicted octanol–water partition coefficient (Wildman–Crippen LogP) is 3.09. The SMILES string of the molecule is Cc1c([N+](=O)[O-])cccc1S(=O)(=O)NCc1nc(-c2ccc(Cl)cc2)no1. The minimum absolute atomic E-state index is 0.0439. The van der Waals surface area contributed by atoms with Gasteiger partial charge in [0.05, 0.1) is 16.4 Å². The van der Waals surface area contributed by atoms with E-state index in [9.17, 15) is 18.5 Å². The van der Waals surface area contributed by atoms with Crippen LogP contribution in [0.5, 0.6) is 0 Å². The first-order valence-electron chi connectivity index (χ1n) is 7.60. The maximum atomic E-state index is 12.5. The van der Waals surface area contributed by atoms with E-state index in [2.05, 4.69) is 14.9 Å². The number of sulfonamides is 1. The zero-order valence-corrected chi connectivity index (χ0v) is 15.5. The van der Waals surface area contributed by atoms with Gasteiger partial charge in [-0.3, -0.25) is 10.1 Å². The van der Waals surface area contributed by atoms with Crippen molar-refractivity contribution in [3.05, 3.63) is 69.1 Å². The van der Waals surface area contributed by atoms with Gasteiger partial charge < -0.3 is 4.52 Å².